The van der Waals surface area contributed by atoms with Crippen molar-refractivity contribution in [2.24, 2.45) is 0 Å². The maximum atomic E-state index is 12.5. The predicted octanol–water partition coefficient (Wildman–Crippen LogP) is 3.16. The molecule has 0 aliphatic heterocycles. The molecule has 0 radical (unpaired) electrons. The lowest BCUT2D eigenvalue weighted by Crippen LogP contribution is -2.23. The summed E-state index contributed by atoms with van der Waals surface area (Å²) in [7, 11) is -3.68. The van der Waals surface area contributed by atoms with Gasteiger partial charge < -0.3 is 20.2 Å². The molecule has 3 rings (SSSR count). The van der Waals surface area contributed by atoms with Crippen molar-refractivity contribution < 1.29 is 17.9 Å². The first-order valence-electron chi connectivity index (χ1n) is 9.09. The summed E-state index contributed by atoms with van der Waals surface area (Å²) in [6, 6.07) is 9.56. The average Bonchev–Trinajstić information content (AvgIpc) is 3.14. The molecule has 4 N–H and O–H groups in total. The number of aryl methyl sites for hydroxylation is 1. The minimum Gasteiger partial charge on any atom is -0.465 e. The molecule has 0 aliphatic rings. The van der Waals surface area contributed by atoms with Crippen molar-refractivity contribution in [1.82, 2.24) is 14.7 Å². The van der Waals surface area contributed by atoms with E-state index in [2.05, 4.69) is 41.3 Å². The largest absolute Gasteiger partial charge is 0.465 e. The van der Waals surface area contributed by atoms with Crippen LogP contribution in [-0.2, 0) is 16.6 Å². The Balaban J connectivity index is 1.67. The Bertz CT molecular complexity index is 1100. The molecule has 0 unspecified atom stereocenters. The third kappa shape index (κ3) is 5.79. The standard InChI is InChI=1S/C19H22BrN5O4S/c1-12(11-26)23-18-17(20)10-21-19(25-18)24-14-4-7-16(8-5-14)30(27,28)22-9-15-6-3-13(2)29-15/h3-8,10,12,22,26H,9,11H2,1-2H3,(H2,21,23,24,25)/t12-/m1/s1. The molecule has 30 heavy (non-hydrogen) atoms. The molecule has 11 heteroatoms. The second-order valence-corrected chi connectivity index (χ2v) is 9.23. The highest BCUT2D eigenvalue weighted by Crippen LogP contribution is 2.23. The van der Waals surface area contributed by atoms with Crippen LogP contribution in [0.25, 0.3) is 0 Å². The zero-order valence-corrected chi connectivity index (χ0v) is 18.8. The van der Waals surface area contributed by atoms with Gasteiger partial charge in [0.2, 0.25) is 16.0 Å². The number of benzene rings is 1. The lowest BCUT2D eigenvalue weighted by Gasteiger charge is -2.14. The first-order chi connectivity index (χ1) is 14.3. The first-order valence-corrected chi connectivity index (χ1v) is 11.4. The summed E-state index contributed by atoms with van der Waals surface area (Å²) in [5, 5.41) is 15.3. The molecule has 0 saturated heterocycles. The molecular formula is C19H22BrN5O4S. The summed E-state index contributed by atoms with van der Waals surface area (Å²) >= 11 is 3.36. The number of anilines is 3. The number of hydrogen-bond acceptors (Lipinski definition) is 8. The fraction of sp³-hybridized carbons (Fsp3) is 0.263. The van der Waals surface area contributed by atoms with Gasteiger partial charge in [-0.2, -0.15) is 4.98 Å². The Morgan fingerprint density at radius 2 is 1.93 bits per heavy atom. The molecule has 9 nitrogen and oxygen atoms in total. The second-order valence-electron chi connectivity index (χ2n) is 6.60. The molecule has 0 aliphatic carbocycles. The number of sulfonamides is 1. The molecule has 0 bridgehead atoms. The number of nitrogens with zero attached hydrogens (tertiary/aromatic N) is 2. The van der Waals surface area contributed by atoms with E-state index in [1.54, 1.807) is 37.4 Å². The summed E-state index contributed by atoms with van der Waals surface area (Å²) in [5.74, 6) is 2.12. The van der Waals surface area contributed by atoms with E-state index in [0.717, 1.165) is 5.76 Å². The van der Waals surface area contributed by atoms with Crippen LogP contribution in [0.3, 0.4) is 0 Å². The molecule has 3 aromatic rings. The zero-order valence-electron chi connectivity index (χ0n) is 16.4. The molecule has 0 fully saturated rings. The smallest absolute Gasteiger partial charge is 0.240 e. The van der Waals surface area contributed by atoms with E-state index in [0.29, 0.717) is 27.7 Å². The van der Waals surface area contributed by atoms with Crippen LogP contribution in [0.1, 0.15) is 18.4 Å². The highest BCUT2D eigenvalue weighted by atomic mass is 79.9. The van der Waals surface area contributed by atoms with Gasteiger partial charge in [0, 0.05) is 17.9 Å². The second kappa shape index (κ2) is 9.56. The molecular weight excluding hydrogens is 474 g/mol. The van der Waals surface area contributed by atoms with Crippen molar-refractivity contribution in [1.29, 1.82) is 0 Å². The Labute approximate surface area is 183 Å². The van der Waals surface area contributed by atoms with E-state index in [9.17, 15) is 13.5 Å². The highest BCUT2D eigenvalue weighted by molar-refractivity contribution is 9.10. The van der Waals surface area contributed by atoms with Crippen molar-refractivity contribution in [3.63, 3.8) is 0 Å². The van der Waals surface area contributed by atoms with E-state index in [4.69, 9.17) is 4.42 Å². The van der Waals surface area contributed by atoms with Gasteiger partial charge in [-0.1, -0.05) is 0 Å². The van der Waals surface area contributed by atoms with Crippen LogP contribution >= 0.6 is 15.9 Å². The molecule has 1 atom stereocenters. The molecule has 160 valence electrons. The quantitative estimate of drug-likeness (QED) is 0.356. The van der Waals surface area contributed by atoms with Gasteiger partial charge in [0.25, 0.3) is 0 Å². The Kier molecular flexibility index (Phi) is 7.08. The lowest BCUT2D eigenvalue weighted by atomic mass is 10.3. The van der Waals surface area contributed by atoms with Crippen molar-refractivity contribution in [2.45, 2.75) is 31.3 Å². The number of furan rings is 1. The van der Waals surface area contributed by atoms with Crippen molar-refractivity contribution >= 4 is 43.4 Å². The van der Waals surface area contributed by atoms with Gasteiger partial charge in [-0.3, -0.25) is 0 Å². The number of nitrogens with one attached hydrogen (secondary N) is 3. The maximum absolute atomic E-state index is 12.5. The topological polar surface area (TPSA) is 129 Å². The molecule has 0 amide bonds. The third-order valence-corrected chi connectivity index (χ3v) is 6.05. The molecule has 2 heterocycles. The van der Waals surface area contributed by atoms with Crippen LogP contribution in [-0.4, -0.2) is 36.1 Å². The number of aliphatic hydroxyl groups excluding tert-OH is 1. The van der Waals surface area contributed by atoms with Crippen molar-refractivity contribution in [3.05, 3.63) is 58.6 Å². The van der Waals surface area contributed by atoms with E-state index in [1.165, 1.54) is 12.1 Å². The number of halogens is 1. The Hall–Kier alpha value is -2.47. The van der Waals surface area contributed by atoms with Gasteiger partial charge in [-0.05, 0) is 66.2 Å². The fourth-order valence-electron chi connectivity index (χ4n) is 2.48. The van der Waals surface area contributed by atoms with Gasteiger partial charge in [0.15, 0.2) is 0 Å². The number of aliphatic hydroxyl groups is 1. The molecule has 0 spiro atoms. The Morgan fingerprint density at radius 1 is 1.20 bits per heavy atom. The van der Waals surface area contributed by atoms with Crippen LogP contribution in [0.4, 0.5) is 17.5 Å². The van der Waals surface area contributed by atoms with E-state index >= 15 is 0 Å². The molecule has 2 aromatic heterocycles. The summed E-state index contributed by atoms with van der Waals surface area (Å²) in [4.78, 5) is 8.68. The van der Waals surface area contributed by atoms with Crippen molar-refractivity contribution in [3.8, 4) is 0 Å². The van der Waals surface area contributed by atoms with E-state index in [1.807, 2.05) is 6.92 Å². The minimum atomic E-state index is -3.68. The van der Waals surface area contributed by atoms with Crippen LogP contribution in [0.5, 0.6) is 0 Å². The average molecular weight is 496 g/mol. The van der Waals surface area contributed by atoms with Crippen LogP contribution in [0.2, 0.25) is 0 Å². The Morgan fingerprint density at radius 3 is 2.57 bits per heavy atom. The number of rotatable bonds is 9. The van der Waals surface area contributed by atoms with Gasteiger partial charge in [0.05, 0.1) is 22.5 Å². The lowest BCUT2D eigenvalue weighted by molar-refractivity contribution is 0.281. The van der Waals surface area contributed by atoms with Gasteiger partial charge in [-0.15, -0.1) is 0 Å². The van der Waals surface area contributed by atoms with Gasteiger partial charge >= 0.3 is 0 Å². The predicted molar refractivity (Wildman–Crippen MR) is 117 cm³/mol. The first kappa shape index (κ1) is 22.2. The monoisotopic (exact) mass is 495 g/mol. The van der Waals surface area contributed by atoms with E-state index < -0.39 is 10.0 Å². The molecule has 1 aromatic carbocycles. The summed E-state index contributed by atoms with van der Waals surface area (Å²) in [6.07, 6.45) is 1.58. The van der Waals surface area contributed by atoms with Crippen LogP contribution < -0.4 is 15.4 Å². The zero-order chi connectivity index (χ0) is 21.7. The number of aromatic nitrogens is 2. The van der Waals surface area contributed by atoms with E-state index in [-0.39, 0.29) is 24.1 Å². The molecule has 0 saturated carbocycles. The summed E-state index contributed by atoms with van der Waals surface area (Å²) < 4.78 is 33.5. The normalized spacial score (nSPS) is 12.5. The van der Waals surface area contributed by atoms with Gasteiger partial charge in [0.1, 0.15) is 17.3 Å². The van der Waals surface area contributed by atoms with Crippen molar-refractivity contribution in [2.75, 3.05) is 17.2 Å². The summed E-state index contributed by atoms with van der Waals surface area (Å²) in [5.41, 5.74) is 0.624. The van der Waals surface area contributed by atoms with Gasteiger partial charge in [-0.25, -0.2) is 18.1 Å². The third-order valence-electron chi connectivity index (χ3n) is 4.05. The van der Waals surface area contributed by atoms with Crippen LogP contribution in [0, 0.1) is 6.92 Å². The maximum Gasteiger partial charge on any atom is 0.240 e. The van der Waals surface area contributed by atoms with Crippen LogP contribution in [0.15, 0.2) is 56.4 Å². The number of hydrogen-bond donors (Lipinski definition) is 4. The summed E-state index contributed by atoms with van der Waals surface area (Å²) in [6.45, 7) is 3.65. The highest BCUT2D eigenvalue weighted by Gasteiger charge is 2.15. The fourth-order valence-corrected chi connectivity index (χ4v) is 3.78. The SMILES string of the molecule is Cc1ccc(CNS(=O)(=O)c2ccc(Nc3ncc(Br)c(N[C@H](C)CO)n3)cc2)o1. The minimum absolute atomic E-state index is 0.0390.